The molecule has 0 bridgehead atoms. The number of aliphatic carboxylic acids is 1. The van der Waals surface area contributed by atoms with Crippen LogP contribution in [0.5, 0.6) is 0 Å². The molecular weight excluding hydrogens is 961 g/mol. The summed E-state index contributed by atoms with van der Waals surface area (Å²) >= 11 is 0. The summed E-state index contributed by atoms with van der Waals surface area (Å²) in [6, 6.07) is 32.7. The lowest BCUT2D eigenvalue weighted by Crippen LogP contribution is -2.58. The lowest BCUT2D eigenvalue weighted by Gasteiger charge is -2.34. The van der Waals surface area contributed by atoms with Crippen molar-refractivity contribution in [1.82, 2.24) is 39.2 Å². The monoisotopic (exact) mass is 1000 g/mol. The Morgan fingerprint density at radius 1 is 0.520 bits per heavy atom. The van der Waals surface area contributed by atoms with Gasteiger partial charge in [0, 0.05) is 84.1 Å². The molecule has 75 heavy (non-hydrogen) atoms. The third kappa shape index (κ3) is 5.79. The van der Waals surface area contributed by atoms with Crippen LogP contribution < -0.4 is 16.0 Å². The number of para-hydroxylation sites is 4. The van der Waals surface area contributed by atoms with Crippen molar-refractivity contribution >= 4 is 123 Å². The molecule has 0 fully saturated rings. The minimum Gasteiger partial charge on any atom is -0.479 e. The van der Waals surface area contributed by atoms with Crippen LogP contribution in [0.3, 0.4) is 0 Å². The fourth-order valence-corrected chi connectivity index (χ4v) is 12.4. The van der Waals surface area contributed by atoms with Gasteiger partial charge in [0.1, 0.15) is 12.2 Å². The van der Waals surface area contributed by atoms with Crippen LogP contribution in [0.1, 0.15) is 47.0 Å². The second kappa shape index (κ2) is 15.4. The van der Waals surface area contributed by atoms with Gasteiger partial charge in [0.05, 0.1) is 70.5 Å². The molecule has 0 saturated carbocycles. The molecule has 4 aliphatic heterocycles. The molecule has 6 aromatic carbocycles. The molecule has 9 heterocycles. The number of amides is 5. The number of hydrogen-bond acceptors (Lipinski definition) is 11. The number of rotatable bonds is 4. The fourth-order valence-electron chi connectivity index (χ4n) is 12.4. The largest absolute Gasteiger partial charge is 0.479 e. The first-order chi connectivity index (χ1) is 36.2. The quantitative estimate of drug-likeness (QED) is 0.113. The van der Waals surface area contributed by atoms with E-state index in [-0.39, 0.29) is 42.9 Å². The van der Waals surface area contributed by atoms with Gasteiger partial charge < -0.3 is 49.1 Å². The maximum atomic E-state index is 13.7. The first kappa shape index (κ1) is 44.4. The number of aliphatic hydroxyl groups is 4. The van der Waals surface area contributed by atoms with Crippen LogP contribution in [0.4, 0.5) is 0 Å². The van der Waals surface area contributed by atoms with Gasteiger partial charge in [-0.15, -0.1) is 0 Å². The van der Waals surface area contributed by atoms with Gasteiger partial charge >= 0.3 is 5.97 Å². The second-order valence-electron chi connectivity index (χ2n) is 19.6. The van der Waals surface area contributed by atoms with Crippen molar-refractivity contribution in [3.63, 3.8) is 0 Å². The summed E-state index contributed by atoms with van der Waals surface area (Å²) in [7, 11) is 0. The van der Waals surface area contributed by atoms with Crippen LogP contribution in [0.2, 0.25) is 0 Å². The van der Waals surface area contributed by atoms with E-state index in [1.807, 2.05) is 71.3 Å². The molecule has 15 rings (SSSR count). The van der Waals surface area contributed by atoms with Crippen LogP contribution in [0.25, 0.3) is 87.2 Å². The predicted octanol–water partition coefficient (Wildman–Crippen LogP) is 4.58. The van der Waals surface area contributed by atoms with E-state index in [1.165, 1.54) is 0 Å². The summed E-state index contributed by atoms with van der Waals surface area (Å²) in [5.74, 6) is -4.24. The Labute approximate surface area is 420 Å². The van der Waals surface area contributed by atoms with E-state index in [1.54, 1.807) is 68.6 Å². The Kier molecular flexibility index (Phi) is 9.11. The Bertz CT molecular complexity index is 4490. The van der Waals surface area contributed by atoms with E-state index in [0.29, 0.717) is 87.4 Å². The Hall–Kier alpha value is -9.27. The van der Waals surface area contributed by atoms with Crippen LogP contribution in [-0.2, 0) is 42.3 Å². The van der Waals surface area contributed by atoms with Crippen LogP contribution in [0.15, 0.2) is 122 Å². The molecule has 370 valence electrons. The van der Waals surface area contributed by atoms with Gasteiger partial charge in [-0.25, -0.2) is 4.79 Å². The number of nitrogens with one attached hydrogen (secondary N) is 3. The molecule has 0 aliphatic carbocycles. The highest BCUT2D eigenvalue weighted by molar-refractivity contribution is 6.41. The summed E-state index contributed by atoms with van der Waals surface area (Å²) < 4.78 is 7.04. The molecular formula is C56H40N8O11. The Morgan fingerprint density at radius 2 is 0.853 bits per heavy atom. The van der Waals surface area contributed by atoms with Crippen LogP contribution in [0, 0.1) is 0 Å². The Balaban J connectivity index is 0.000000140. The summed E-state index contributed by atoms with van der Waals surface area (Å²) in [6.07, 6.45) is 0.0777. The van der Waals surface area contributed by atoms with Crippen molar-refractivity contribution in [2.45, 2.75) is 56.1 Å². The third-order valence-corrected chi connectivity index (χ3v) is 15.8. The van der Waals surface area contributed by atoms with Gasteiger partial charge in [0.2, 0.25) is 5.60 Å². The molecule has 4 aliphatic rings. The molecule has 0 spiro atoms. The van der Waals surface area contributed by atoms with Crippen molar-refractivity contribution in [3.05, 3.63) is 149 Å². The number of aromatic nitrogens is 5. The average Bonchev–Trinajstić information content (AvgIpc) is 4.28. The normalized spacial score (nSPS) is 21.0. The van der Waals surface area contributed by atoms with Gasteiger partial charge in [-0.3, -0.25) is 39.6 Å². The Morgan fingerprint density at radius 3 is 1.24 bits per heavy atom. The first-order valence-electron chi connectivity index (χ1n) is 24.1. The molecule has 19 nitrogen and oxygen atoms in total. The molecule has 0 saturated heterocycles. The van der Waals surface area contributed by atoms with Gasteiger partial charge in [0.25, 0.3) is 29.5 Å². The van der Waals surface area contributed by atoms with Gasteiger partial charge in [-0.1, -0.05) is 72.8 Å². The number of fused-ring (bicyclic) bond motifs is 18. The summed E-state index contributed by atoms with van der Waals surface area (Å²) in [6.45, 7) is -0.892. The highest BCUT2D eigenvalue weighted by Gasteiger charge is 2.49. The van der Waals surface area contributed by atoms with Crippen molar-refractivity contribution in [2.24, 2.45) is 0 Å². The highest BCUT2D eigenvalue weighted by atomic mass is 16.4. The molecule has 5 aromatic heterocycles. The lowest BCUT2D eigenvalue weighted by molar-refractivity contribution is -0.175. The van der Waals surface area contributed by atoms with Crippen LogP contribution >= 0.6 is 0 Å². The summed E-state index contributed by atoms with van der Waals surface area (Å²) in [5.41, 5.74) is 2.23. The summed E-state index contributed by atoms with van der Waals surface area (Å²) in [5, 5.41) is 68.6. The first-order valence-corrected chi connectivity index (χ1v) is 24.1. The standard InChI is InChI=1S/C31H23N5O5.C25H17N3O6/c37-21-14-35-19-7-3-1-5-17(19)22-24-25(29(39)34-28(24)38)23-18-6-2-4-8-20(18)36(27(23)26(22)35)15-31(21,41)30(40)33-13-16-9-11-32-12-10-16;29-15-9-27-13-7-3-1-5-11(13)16-18-19(23(31)26-22(18)30)17-12-6-2-4-8-14(12)28(21(17)20(16)27)10-25(15,34)24(32)33/h1-12,21,37,41H,13-15H2,(H,33,40)(H,34,38,39);1-8,15,29,34H,9-10H2,(H,32,33)(H,26,30,31). The maximum Gasteiger partial charge on any atom is 0.340 e. The van der Waals surface area contributed by atoms with Gasteiger partial charge in [-0.2, -0.15) is 0 Å². The molecule has 5 amide bonds. The number of nitrogens with zero attached hydrogens (tertiary/aromatic N) is 5. The zero-order valence-electron chi connectivity index (χ0n) is 39.2. The average molecular weight is 1000 g/mol. The number of hydrogen-bond donors (Lipinski definition) is 8. The predicted molar refractivity (Wildman–Crippen MR) is 274 cm³/mol. The molecule has 19 heteroatoms. The van der Waals surface area contributed by atoms with E-state index in [4.69, 9.17) is 0 Å². The summed E-state index contributed by atoms with van der Waals surface area (Å²) in [4.78, 5) is 82.6. The number of aliphatic hydroxyl groups excluding tert-OH is 2. The van der Waals surface area contributed by atoms with Crippen molar-refractivity contribution in [3.8, 4) is 0 Å². The van der Waals surface area contributed by atoms with Crippen molar-refractivity contribution in [1.29, 1.82) is 0 Å². The SMILES string of the molecule is O=C1NC(=O)c2c1c1c3ccccc3n3c1c1c2c2ccccc2n1CC(O)(C(=O)NCc1ccncc1)C(O)C3.O=C1NC(=O)c2c1c1c3ccccc3n3c1c1c2c2ccccc2n1CC(O)(C(=O)O)C(O)C3. The number of pyridine rings is 1. The van der Waals surface area contributed by atoms with Crippen LogP contribution in [-0.4, -0.2) is 108 Å². The number of carboxylic acids is 1. The molecule has 11 aromatic rings. The van der Waals surface area contributed by atoms with E-state index >= 15 is 0 Å². The third-order valence-electron chi connectivity index (χ3n) is 15.8. The zero-order valence-corrected chi connectivity index (χ0v) is 39.2. The maximum absolute atomic E-state index is 13.7. The minimum atomic E-state index is -2.48. The second-order valence-corrected chi connectivity index (χ2v) is 19.6. The smallest absolute Gasteiger partial charge is 0.340 e. The topological polar surface area (TPSA) is 272 Å². The van der Waals surface area contributed by atoms with E-state index < -0.39 is 65.5 Å². The lowest BCUT2D eigenvalue weighted by atomic mass is 9.93. The number of carbonyl (C=O) groups is 6. The number of benzene rings is 6. The van der Waals surface area contributed by atoms with Gasteiger partial charge in [-0.05, 0) is 42.0 Å². The van der Waals surface area contributed by atoms with Crippen molar-refractivity contribution in [2.75, 3.05) is 0 Å². The highest BCUT2D eigenvalue weighted by Crippen LogP contribution is 2.48. The number of carboxylic acid groups (broad SMARTS) is 1. The van der Waals surface area contributed by atoms with E-state index in [2.05, 4.69) is 20.9 Å². The van der Waals surface area contributed by atoms with Crippen molar-refractivity contribution < 1.29 is 54.3 Å². The minimum absolute atomic E-state index is 0.117. The molecule has 4 unspecified atom stereocenters. The number of carbonyl (C=O) groups excluding carboxylic acids is 5. The van der Waals surface area contributed by atoms with E-state index in [9.17, 15) is 54.3 Å². The molecule has 4 atom stereocenters. The molecule has 0 radical (unpaired) electrons. The fraction of sp³-hybridized carbons (Fsp3) is 0.161. The zero-order chi connectivity index (χ0) is 51.6. The molecule has 8 N–H and O–H groups in total. The van der Waals surface area contributed by atoms with Gasteiger partial charge in [0.15, 0.2) is 5.60 Å². The van der Waals surface area contributed by atoms with E-state index in [0.717, 1.165) is 10.9 Å². The number of imide groups is 2.